The molecular formula is C40H54N4O14S2. The van der Waals surface area contributed by atoms with Gasteiger partial charge in [0.15, 0.2) is 23.0 Å². The number of carbonyl (C=O) groups excluding carboxylic acids is 2. The summed E-state index contributed by atoms with van der Waals surface area (Å²) in [4.78, 5) is 38.0. The Morgan fingerprint density at radius 2 is 0.867 bits per heavy atom. The summed E-state index contributed by atoms with van der Waals surface area (Å²) in [5, 5.41) is 0. The van der Waals surface area contributed by atoms with Crippen molar-refractivity contribution >= 4 is 43.5 Å². The van der Waals surface area contributed by atoms with Crippen molar-refractivity contribution in [2.45, 2.75) is 39.5 Å². The van der Waals surface area contributed by atoms with Crippen molar-refractivity contribution < 1.29 is 64.0 Å². The molecule has 4 rings (SSSR count). The van der Waals surface area contributed by atoms with Gasteiger partial charge in [-0.1, -0.05) is 13.8 Å². The highest BCUT2D eigenvalue weighted by Gasteiger charge is 2.20. The summed E-state index contributed by atoms with van der Waals surface area (Å²) in [6, 6.07) is 15.0. The lowest BCUT2D eigenvalue weighted by atomic mass is 10.1. The lowest BCUT2D eigenvalue weighted by Gasteiger charge is -2.25. The van der Waals surface area contributed by atoms with E-state index in [1.807, 2.05) is 64.6 Å². The van der Waals surface area contributed by atoms with E-state index in [9.17, 15) is 26.4 Å². The molecule has 0 atom stereocenters. The van der Waals surface area contributed by atoms with Gasteiger partial charge in [-0.3, -0.25) is 28.7 Å². The number of methoxy groups -OCH3 is 4. The van der Waals surface area contributed by atoms with Gasteiger partial charge in [0.1, 0.15) is 0 Å². The van der Waals surface area contributed by atoms with Gasteiger partial charge in [-0.15, -0.1) is 0 Å². The van der Waals surface area contributed by atoms with Crippen LogP contribution in [0, 0.1) is 0 Å². The number of rotatable bonds is 17. The van der Waals surface area contributed by atoms with Crippen LogP contribution in [0.3, 0.4) is 0 Å². The van der Waals surface area contributed by atoms with E-state index in [4.69, 9.17) is 47.5 Å². The van der Waals surface area contributed by atoms with E-state index in [2.05, 4.69) is 9.80 Å². The zero-order valence-electron chi connectivity index (χ0n) is 35.4. The van der Waals surface area contributed by atoms with E-state index < -0.39 is 20.2 Å². The number of ether oxygens (including phenoxy) is 6. The quantitative estimate of drug-likeness (QED) is 0.0721. The van der Waals surface area contributed by atoms with Gasteiger partial charge in [-0.05, 0) is 61.4 Å². The number of carbonyl (C=O) groups is 2. The highest BCUT2D eigenvalue weighted by Crippen LogP contribution is 2.43. The summed E-state index contributed by atoms with van der Waals surface area (Å²) >= 11 is 0. The third-order valence-electron chi connectivity index (χ3n) is 8.00. The van der Waals surface area contributed by atoms with Crippen LogP contribution < -0.4 is 38.2 Å². The fourth-order valence-electron chi connectivity index (χ4n) is 5.12. The maximum Gasteiger partial charge on any atom is 0.311 e. The standard InChI is InChI=1S/C38H46N4O8.2CH4O3S/c1-9-11-35(43)49-37-31(45-5)19-25(20-32(37)46-6)29-15-13-27(23-39-29)41(3)17-18-42(4)28-14-16-30(40-24-28)26-21-33(47-7)38(34(22-26)48-8)50-36(44)12-10-2;2*1-5(2,3)4/h13-16,19-24H,9-12,17-18H2,1-8H3;2*1H3,(H,2,3,4). The number of pyridine rings is 2. The second-order valence-electron chi connectivity index (χ2n) is 13.0. The minimum absolute atomic E-state index is 0.253. The Bertz CT molecular complexity index is 2010. The van der Waals surface area contributed by atoms with E-state index in [0.29, 0.717) is 61.2 Å². The summed E-state index contributed by atoms with van der Waals surface area (Å²) in [6.45, 7) is 5.28. The van der Waals surface area contributed by atoms with Crippen LogP contribution in [-0.4, -0.2) is 116 Å². The molecule has 0 amide bonds. The highest BCUT2D eigenvalue weighted by atomic mass is 32.2. The molecule has 0 aliphatic heterocycles. The first kappa shape index (κ1) is 50.4. The van der Waals surface area contributed by atoms with Gasteiger partial charge in [0.25, 0.3) is 20.2 Å². The molecule has 2 N–H and O–H groups in total. The van der Waals surface area contributed by atoms with Crippen LogP contribution in [0.25, 0.3) is 22.5 Å². The highest BCUT2D eigenvalue weighted by molar-refractivity contribution is 7.85. The molecule has 330 valence electrons. The summed E-state index contributed by atoms with van der Waals surface area (Å²) in [6.07, 6.45) is 7.02. The second-order valence-corrected chi connectivity index (χ2v) is 15.9. The molecule has 2 aromatic heterocycles. The first-order valence-electron chi connectivity index (χ1n) is 18.3. The van der Waals surface area contributed by atoms with Crippen molar-refractivity contribution in [1.82, 2.24) is 9.97 Å². The van der Waals surface area contributed by atoms with Crippen LogP contribution in [0.1, 0.15) is 39.5 Å². The molecule has 4 aromatic rings. The van der Waals surface area contributed by atoms with Crippen LogP contribution in [-0.2, 0) is 29.8 Å². The third-order valence-corrected chi connectivity index (χ3v) is 8.00. The smallest absolute Gasteiger partial charge is 0.311 e. The molecule has 2 heterocycles. The topological polar surface area (TPSA) is 231 Å². The van der Waals surface area contributed by atoms with Gasteiger partial charge in [0.2, 0.25) is 11.5 Å². The van der Waals surface area contributed by atoms with Crippen molar-refractivity contribution in [3.05, 3.63) is 60.9 Å². The van der Waals surface area contributed by atoms with Crippen molar-refractivity contribution in [3.8, 4) is 57.0 Å². The minimum Gasteiger partial charge on any atom is -0.493 e. The van der Waals surface area contributed by atoms with Gasteiger partial charge in [0, 0.05) is 51.2 Å². The molecule has 0 radical (unpaired) electrons. The number of hydrogen-bond acceptors (Lipinski definition) is 16. The first-order chi connectivity index (χ1) is 28.1. The number of esters is 2. The molecule has 20 heteroatoms. The van der Waals surface area contributed by atoms with Crippen LogP contribution >= 0.6 is 0 Å². The molecule has 0 aliphatic rings. The maximum absolute atomic E-state index is 12.2. The Balaban J connectivity index is 0.00000111. The van der Waals surface area contributed by atoms with Crippen molar-refractivity contribution in [1.29, 1.82) is 0 Å². The fraction of sp³-hybridized carbons (Fsp3) is 0.400. The summed E-state index contributed by atoms with van der Waals surface area (Å²) in [5.74, 6) is 1.36. The van der Waals surface area contributed by atoms with Crippen LogP contribution in [0.4, 0.5) is 11.4 Å². The average molecular weight is 879 g/mol. The monoisotopic (exact) mass is 878 g/mol. The van der Waals surface area contributed by atoms with Crippen molar-refractivity contribution in [3.63, 3.8) is 0 Å². The molecular weight excluding hydrogens is 825 g/mol. The van der Waals surface area contributed by atoms with E-state index in [1.165, 1.54) is 28.4 Å². The molecule has 0 spiro atoms. The summed E-state index contributed by atoms with van der Waals surface area (Å²) in [5.41, 5.74) is 4.87. The number of nitrogens with zero attached hydrogens (tertiary/aromatic N) is 4. The second kappa shape index (κ2) is 23.8. The Morgan fingerprint density at radius 1 is 0.583 bits per heavy atom. The molecule has 0 aliphatic carbocycles. The van der Waals surface area contributed by atoms with E-state index in [1.54, 1.807) is 24.3 Å². The SMILES string of the molecule is CCCC(=O)Oc1c(OC)cc(-c2ccc(N(C)CCN(C)c3ccc(-c4cc(OC)c(OC(=O)CCC)c(OC)c4)nc3)cn2)cc1OC.CS(=O)(=O)O.CS(=O)(=O)O. The average Bonchev–Trinajstić information content (AvgIpc) is 3.18. The first-order valence-corrected chi connectivity index (χ1v) is 22.0. The van der Waals surface area contributed by atoms with Gasteiger partial charge in [-0.25, -0.2) is 0 Å². The zero-order chi connectivity index (χ0) is 45.2. The molecule has 0 unspecified atom stereocenters. The zero-order valence-corrected chi connectivity index (χ0v) is 37.0. The third kappa shape index (κ3) is 17.3. The van der Waals surface area contributed by atoms with Crippen LogP contribution in [0.15, 0.2) is 60.9 Å². The Kier molecular flexibility index (Phi) is 20.0. The van der Waals surface area contributed by atoms with E-state index in [-0.39, 0.29) is 23.4 Å². The minimum atomic E-state index is -3.67. The number of benzene rings is 2. The largest absolute Gasteiger partial charge is 0.493 e. The maximum atomic E-state index is 12.2. The van der Waals surface area contributed by atoms with Crippen molar-refractivity contribution in [2.75, 3.05) is 77.9 Å². The van der Waals surface area contributed by atoms with Gasteiger partial charge < -0.3 is 38.2 Å². The Morgan fingerprint density at radius 3 is 1.08 bits per heavy atom. The predicted molar refractivity (Wildman–Crippen MR) is 228 cm³/mol. The number of likely N-dealkylation sites (N-methyl/N-ethyl adjacent to an activating group) is 2. The lowest BCUT2D eigenvalue weighted by Crippen LogP contribution is -2.30. The van der Waals surface area contributed by atoms with Gasteiger partial charge >= 0.3 is 11.9 Å². The molecule has 18 nitrogen and oxygen atoms in total. The predicted octanol–water partition coefficient (Wildman–Crippen LogP) is 5.84. The van der Waals surface area contributed by atoms with Crippen LogP contribution in [0.5, 0.6) is 34.5 Å². The van der Waals surface area contributed by atoms with Crippen molar-refractivity contribution in [2.24, 2.45) is 0 Å². The number of hydrogen-bond donors (Lipinski definition) is 2. The normalized spacial score (nSPS) is 10.8. The molecule has 2 aromatic carbocycles. The Labute approximate surface area is 351 Å². The molecule has 60 heavy (non-hydrogen) atoms. The fourth-order valence-corrected chi connectivity index (χ4v) is 5.12. The number of aromatic nitrogens is 2. The van der Waals surface area contributed by atoms with Gasteiger partial charge in [0.05, 0.1) is 76.1 Å². The van der Waals surface area contributed by atoms with Crippen LogP contribution in [0.2, 0.25) is 0 Å². The lowest BCUT2D eigenvalue weighted by molar-refractivity contribution is -0.135. The molecule has 0 fully saturated rings. The molecule has 0 saturated carbocycles. The van der Waals surface area contributed by atoms with Gasteiger partial charge in [-0.2, -0.15) is 16.8 Å². The summed E-state index contributed by atoms with van der Waals surface area (Å²) in [7, 11) is 2.78. The number of anilines is 2. The van der Waals surface area contributed by atoms with E-state index >= 15 is 0 Å². The molecule has 0 bridgehead atoms. The van der Waals surface area contributed by atoms with E-state index in [0.717, 1.165) is 47.0 Å². The molecule has 0 saturated heterocycles. The Hall–Kier alpha value is -5.70. The summed E-state index contributed by atoms with van der Waals surface area (Å²) < 4.78 is 84.9.